The van der Waals surface area contributed by atoms with E-state index in [0.717, 1.165) is 36.3 Å². The molecular formula is C22H28N2O2. The summed E-state index contributed by atoms with van der Waals surface area (Å²) in [7, 11) is 0. The molecule has 2 aromatic rings. The lowest BCUT2D eigenvalue weighted by atomic mass is 9.98. The summed E-state index contributed by atoms with van der Waals surface area (Å²) in [5.41, 5.74) is 7.62. The number of nitrogens with zero attached hydrogens (tertiary/aromatic N) is 1. The molecule has 0 atom stereocenters. The van der Waals surface area contributed by atoms with Crippen LogP contribution in [0.25, 0.3) is 0 Å². The van der Waals surface area contributed by atoms with Crippen LogP contribution in [0, 0.1) is 0 Å². The number of benzene rings is 2. The highest BCUT2D eigenvalue weighted by molar-refractivity contribution is 6.02. The summed E-state index contributed by atoms with van der Waals surface area (Å²) in [4.78, 5) is 12.3. The molecule has 0 heterocycles. The molecule has 0 spiro atoms. The lowest BCUT2D eigenvalue weighted by Crippen LogP contribution is -2.19. The van der Waals surface area contributed by atoms with Gasteiger partial charge in [-0.15, -0.1) is 0 Å². The zero-order valence-corrected chi connectivity index (χ0v) is 16.1. The largest absolute Gasteiger partial charge is 0.494 e. The maximum atomic E-state index is 12.3. The van der Waals surface area contributed by atoms with Crippen LogP contribution in [0.4, 0.5) is 0 Å². The molecule has 4 heteroatoms. The quantitative estimate of drug-likeness (QED) is 0.550. The predicted octanol–water partition coefficient (Wildman–Crippen LogP) is 4.75. The summed E-state index contributed by atoms with van der Waals surface area (Å²) < 4.78 is 5.53. The van der Waals surface area contributed by atoms with Gasteiger partial charge in [0, 0.05) is 11.1 Å². The van der Waals surface area contributed by atoms with E-state index in [1.165, 1.54) is 11.1 Å². The van der Waals surface area contributed by atoms with Crippen LogP contribution in [0.5, 0.6) is 5.75 Å². The van der Waals surface area contributed by atoms with Gasteiger partial charge in [-0.2, -0.15) is 5.10 Å². The molecule has 0 aliphatic carbocycles. The molecule has 0 aliphatic rings. The van der Waals surface area contributed by atoms with Gasteiger partial charge in [0.05, 0.1) is 12.3 Å². The molecule has 4 nitrogen and oxygen atoms in total. The maximum absolute atomic E-state index is 12.3. The van der Waals surface area contributed by atoms with Crippen molar-refractivity contribution >= 4 is 11.6 Å². The Morgan fingerprint density at radius 1 is 1.04 bits per heavy atom. The number of aryl methyl sites for hydroxylation is 2. The Bertz CT molecular complexity index is 764. The van der Waals surface area contributed by atoms with Crippen molar-refractivity contribution < 1.29 is 9.53 Å². The van der Waals surface area contributed by atoms with Crippen molar-refractivity contribution in [3.8, 4) is 5.75 Å². The normalized spacial score (nSPS) is 11.3. The molecule has 2 aromatic carbocycles. The summed E-state index contributed by atoms with van der Waals surface area (Å²) >= 11 is 0. The fourth-order valence-corrected chi connectivity index (χ4v) is 2.67. The van der Waals surface area contributed by atoms with Crippen LogP contribution in [0.2, 0.25) is 0 Å². The fourth-order valence-electron chi connectivity index (χ4n) is 2.67. The number of ether oxygens (including phenoxy) is 1. The molecule has 0 bridgehead atoms. The number of carbonyl (C=O) groups is 1. The first-order chi connectivity index (χ1) is 12.6. The van der Waals surface area contributed by atoms with E-state index >= 15 is 0 Å². The first-order valence-corrected chi connectivity index (χ1v) is 9.28. The van der Waals surface area contributed by atoms with Crippen molar-refractivity contribution in [3.63, 3.8) is 0 Å². The van der Waals surface area contributed by atoms with E-state index in [0.29, 0.717) is 12.2 Å². The predicted molar refractivity (Wildman–Crippen MR) is 107 cm³/mol. The molecule has 0 saturated carbocycles. The number of amides is 1. The monoisotopic (exact) mass is 352 g/mol. The number of hydrazone groups is 1. The van der Waals surface area contributed by atoms with E-state index in [1.807, 2.05) is 6.92 Å². The summed E-state index contributed by atoms with van der Waals surface area (Å²) in [6, 6.07) is 13.6. The summed E-state index contributed by atoms with van der Waals surface area (Å²) in [6.07, 6.45) is 2.86. The Balaban J connectivity index is 2.09. The Labute approximate surface area is 156 Å². The summed E-state index contributed by atoms with van der Waals surface area (Å²) in [5, 5.41) is 4.31. The molecule has 138 valence electrons. The van der Waals surface area contributed by atoms with Crippen LogP contribution in [0.3, 0.4) is 0 Å². The van der Waals surface area contributed by atoms with E-state index < -0.39 is 0 Å². The second-order valence-electron chi connectivity index (χ2n) is 6.21. The van der Waals surface area contributed by atoms with E-state index in [4.69, 9.17) is 4.74 Å². The number of hydrogen-bond acceptors (Lipinski definition) is 3. The van der Waals surface area contributed by atoms with Gasteiger partial charge in [-0.3, -0.25) is 4.79 Å². The fraction of sp³-hybridized carbons (Fsp3) is 0.364. The average Bonchev–Trinajstić information content (AvgIpc) is 2.69. The Kier molecular flexibility index (Phi) is 7.39. The lowest BCUT2D eigenvalue weighted by molar-refractivity contribution is 0.0955. The summed E-state index contributed by atoms with van der Waals surface area (Å²) in [5.74, 6) is 0.545. The van der Waals surface area contributed by atoms with E-state index in [1.54, 1.807) is 24.3 Å². The highest BCUT2D eigenvalue weighted by Gasteiger charge is 2.08. The topological polar surface area (TPSA) is 50.7 Å². The van der Waals surface area contributed by atoms with Crippen LogP contribution in [-0.4, -0.2) is 18.2 Å². The highest BCUT2D eigenvalue weighted by atomic mass is 16.5. The minimum Gasteiger partial charge on any atom is -0.494 e. The van der Waals surface area contributed by atoms with E-state index in [2.05, 4.69) is 49.5 Å². The van der Waals surface area contributed by atoms with Gasteiger partial charge in [0.25, 0.3) is 5.91 Å². The molecule has 0 aromatic heterocycles. The SMILES string of the molecule is CCCOc1ccc(C(=O)N/N=C(\C)c2cc(CC)ccc2CC)cc1. The third-order valence-corrected chi connectivity index (χ3v) is 4.27. The van der Waals surface area contributed by atoms with Crippen LogP contribution in [0.15, 0.2) is 47.6 Å². The first kappa shape index (κ1) is 19.7. The zero-order chi connectivity index (χ0) is 18.9. The smallest absolute Gasteiger partial charge is 0.271 e. The third kappa shape index (κ3) is 5.19. The molecule has 0 saturated heterocycles. The number of rotatable bonds is 8. The minimum atomic E-state index is -0.226. The van der Waals surface area contributed by atoms with Gasteiger partial charge in [0.1, 0.15) is 5.75 Å². The maximum Gasteiger partial charge on any atom is 0.271 e. The van der Waals surface area contributed by atoms with Gasteiger partial charge in [-0.25, -0.2) is 5.43 Å². The van der Waals surface area contributed by atoms with Gasteiger partial charge >= 0.3 is 0 Å². The Morgan fingerprint density at radius 2 is 1.77 bits per heavy atom. The average molecular weight is 352 g/mol. The molecule has 0 unspecified atom stereocenters. The van der Waals surface area contributed by atoms with Crippen LogP contribution in [-0.2, 0) is 12.8 Å². The van der Waals surface area contributed by atoms with Crippen molar-refractivity contribution in [2.24, 2.45) is 5.10 Å². The van der Waals surface area contributed by atoms with Crippen molar-refractivity contribution in [1.82, 2.24) is 5.43 Å². The number of hydrogen-bond donors (Lipinski definition) is 1. The molecule has 1 amide bonds. The number of nitrogens with one attached hydrogen (secondary N) is 1. The highest BCUT2D eigenvalue weighted by Crippen LogP contribution is 2.15. The second-order valence-corrected chi connectivity index (χ2v) is 6.21. The molecule has 2 rings (SSSR count). The zero-order valence-electron chi connectivity index (χ0n) is 16.1. The van der Waals surface area contributed by atoms with E-state index in [9.17, 15) is 4.79 Å². The molecule has 1 N–H and O–H groups in total. The van der Waals surface area contributed by atoms with Crippen LogP contribution >= 0.6 is 0 Å². The van der Waals surface area contributed by atoms with Crippen molar-refractivity contribution in [1.29, 1.82) is 0 Å². The summed E-state index contributed by atoms with van der Waals surface area (Å²) in [6.45, 7) is 8.91. The van der Waals surface area contributed by atoms with Crippen LogP contribution in [0.1, 0.15) is 61.2 Å². The van der Waals surface area contributed by atoms with Crippen LogP contribution < -0.4 is 10.2 Å². The van der Waals surface area contributed by atoms with Crippen molar-refractivity contribution in [3.05, 3.63) is 64.7 Å². The molecular weight excluding hydrogens is 324 g/mol. The van der Waals surface area contributed by atoms with Gasteiger partial charge in [0.2, 0.25) is 0 Å². The van der Waals surface area contributed by atoms with Gasteiger partial charge in [-0.1, -0.05) is 32.9 Å². The number of carbonyl (C=O) groups excluding carboxylic acids is 1. The third-order valence-electron chi connectivity index (χ3n) is 4.27. The Morgan fingerprint density at radius 3 is 2.38 bits per heavy atom. The van der Waals surface area contributed by atoms with Gasteiger partial charge in [-0.05, 0) is 67.6 Å². The molecule has 0 aliphatic heterocycles. The van der Waals surface area contributed by atoms with Crippen molar-refractivity contribution in [2.75, 3.05) is 6.61 Å². The molecule has 0 radical (unpaired) electrons. The van der Waals surface area contributed by atoms with E-state index in [-0.39, 0.29) is 5.91 Å². The first-order valence-electron chi connectivity index (χ1n) is 9.28. The van der Waals surface area contributed by atoms with Gasteiger partial charge < -0.3 is 4.74 Å². The second kappa shape index (κ2) is 9.76. The minimum absolute atomic E-state index is 0.226. The standard InChI is InChI=1S/C22H28N2O2/c1-5-14-26-20-12-10-19(11-13-20)22(25)24-23-16(4)21-15-17(6-2)8-9-18(21)7-3/h8-13,15H,5-7,14H2,1-4H3,(H,24,25)/b23-16+. The lowest BCUT2D eigenvalue weighted by Gasteiger charge is -2.10. The molecule has 26 heavy (non-hydrogen) atoms. The van der Waals surface area contributed by atoms with Crippen molar-refractivity contribution in [2.45, 2.75) is 47.0 Å². The molecule has 0 fully saturated rings. The van der Waals surface area contributed by atoms with Gasteiger partial charge in [0.15, 0.2) is 0 Å². The Hall–Kier alpha value is -2.62.